The van der Waals surface area contributed by atoms with Gasteiger partial charge in [0.1, 0.15) is 11.9 Å². The molecule has 1 aromatic carbocycles. The lowest BCUT2D eigenvalue weighted by atomic mass is 10.1. The molecule has 0 amide bonds. The molecule has 21 heavy (non-hydrogen) atoms. The smallest absolute Gasteiger partial charge is 0.311 e. The standard InChI is InChI=1S/C14H15N3O4/c1-2-9(7-13(18)19)16-14-10-5-3-4-6-11(10)15-8-12(14)17(20)21/h3-6,8-9H,2,7H2,1H3,(H,15,16)(H,18,19). The first kappa shape index (κ1) is 14.7. The molecule has 0 aliphatic carbocycles. The lowest BCUT2D eigenvalue weighted by molar-refractivity contribution is -0.384. The number of rotatable bonds is 6. The molecule has 2 aromatic rings. The quantitative estimate of drug-likeness (QED) is 0.625. The van der Waals surface area contributed by atoms with E-state index in [0.717, 1.165) is 0 Å². The third kappa shape index (κ3) is 3.25. The number of benzene rings is 1. The van der Waals surface area contributed by atoms with Gasteiger partial charge in [-0.1, -0.05) is 25.1 Å². The average molecular weight is 289 g/mol. The van der Waals surface area contributed by atoms with E-state index in [2.05, 4.69) is 10.3 Å². The number of anilines is 1. The highest BCUT2D eigenvalue weighted by Crippen LogP contribution is 2.32. The fraction of sp³-hybridized carbons (Fsp3) is 0.286. The van der Waals surface area contributed by atoms with E-state index in [1.165, 1.54) is 6.20 Å². The second-order valence-corrected chi connectivity index (χ2v) is 4.64. The van der Waals surface area contributed by atoms with E-state index in [-0.39, 0.29) is 18.2 Å². The summed E-state index contributed by atoms with van der Waals surface area (Å²) in [5.41, 5.74) is 0.784. The minimum absolute atomic E-state index is 0.107. The number of carbonyl (C=O) groups is 1. The molecular formula is C14H15N3O4. The van der Waals surface area contributed by atoms with Crippen LogP contribution in [-0.4, -0.2) is 27.0 Å². The number of carboxylic acids is 1. The second-order valence-electron chi connectivity index (χ2n) is 4.64. The number of pyridine rings is 1. The monoisotopic (exact) mass is 289 g/mol. The van der Waals surface area contributed by atoms with Crippen LogP contribution in [0.25, 0.3) is 10.9 Å². The van der Waals surface area contributed by atoms with E-state index >= 15 is 0 Å². The summed E-state index contributed by atoms with van der Waals surface area (Å²) in [6, 6.07) is 6.65. The Labute approximate surface area is 120 Å². The fourth-order valence-corrected chi connectivity index (χ4v) is 2.13. The highest BCUT2D eigenvalue weighted by atomic mass is 16.6. The first-order valence-corrected chi connectivity index (χ1v) is 6.53. The summed E-state index contributed by atoms with van der Waals surface area (Å²) in [7, 11) is 0. The molecule has 1 aromatic heterocycles. The number of nitro groups is 1. The van der Waals surface area contributed by atoms with Crippen LogP contribution in [0.15, 0.2) is 30.5 Å². The van der Waals surface area contributed by atoms with Crippen LogP contribution in [0, 0.1) is 10.1 Å². The van der Waals surface area contributed by atoms with Crippen LogP contribution in [-0.2, 0) is 4.79 Å². The zero-order valence-electron chi connectivity index (χ0n) is 11.4. The maximum Gasteiger partial charge on any atom is 0.311 e. The van der Waals surface area contributed by atoms with Crippen LogP contribution in [0.4, 0.5) is 11.4 Å². The molecule has 0 fully saturated rings. The zero-order chi connectivity index (χ0) is 15.4. The second kappa shape index (κ2) is 6.17. The SMILES string of the molecule is CCC(CC(=O)O)Nc1c([N+](=O)[O-])cnc2ccccc12. The molecule has 1 unspecified atom stereocenters. The third-order valence-corrected chi connectivity index (χ3v) is 3.21. The van der Waals surface area contributed by atoms with Gasteiger partial charge in [0.05, 0.1) is 16.9 Å². The van der Waals surface area contributed by atoms with Gasteiger partial charge in [0.2, 0.25) is 0 Å². The lowest BCUT2D eigenvalue weighted by Crippen LogP contribution is -2.23. The van der Waals surface area contributed by atoms with E-state index in [0.29, 0.717) is 23.0 Å². The summed E-state index contributed by atoms with van der Waals surface area (Å²) in [6.07, 6.45) is 1.63. The highest BCUT2D eigenvalue weighted by molar-refractivity contribution is 5.95. The van der Waals surface area contributed by atoms with E-state index in [4.69, 9.17) is 5.11 Å². The van der Waals surface area contributed by atoms with E-state index in [1.807, 2.05) is 6.92 Å². The zero-order valence-corrected chi connectivity index (χ0v) is 11.4. The van der Waals surface area contributed by atoms with Crippen molar-refractivity contribution in [3.63, 3.8) is 0 Å². The summed E-state index contributed by atoms with van der Waals surface area (Å²) < 4.78 is 0. The molecular weight excluding hydrogens is 274 g/mol. The molecule has 1 atom stereocenters. The van der Waals surface area contributed by atoms with E-state index < -0.39 is 10.9 Å². The van der Waals surface area contributed by atoms with Crippen molar-refractivity contribution in [1.29, 1.82) is 0 Å². The number of hydrogen-bond acceptors (Lipinski definition) is 5. The van der Waals surface area contributed by atoms with E-state index in [1.54, 1.807) is 24.3 Å². The van der Waals surface area contributed by atoms with Crippen LogP contribution >= 0.6 is 0 Å². The predicted molar refractivity (Wildman–Crippen MR) is 78.4 cm³/mol. The highest BCUT2D eigenvalue weighted by Gasteiger charge is 2.21. The van der Waals surface area contributed by atoms with Crippen molar-refractivity contribution in [3.8, 4) is 0 Å². The van der Waals surface area contributed by atoms with Gasteiger partial charge in [-0.2, -0.15) is 0 Å². The number of aliphatic carboxylic acids is 1. The van der Waals surface area contributed by atoms with Gasteiger partial charge in [-0.25, -0.2) is 4.98 Å². The van der Waals surface area contributed by atoms with Crippen molar-refractivity contribution in [1.82, 2.24) is 4.98 Å². The van der Waals surface area contributed by atoms with Crippen LogP contribution in [0.1, 0.15) is 19.8 Å². The summed E-state index contributed by atoms with van der Waals surface area (Å²) in [5.74, 6) is -0.949. The van der Waals surface area contributed by atoms with Crippen molar-refractivity contribution in [2.45, 2.75) is 25.8 Å². The van der Waals surface area contributed by atoms with E-state index in [9.17, 15) is 14.9 Å². The van der Waals surface area contributed by atoms with Crippen LogP contribution in [0.3, 0.4) is 0 Å². The predicted octanol–water partition coefficient (Wildman–Crippen LogP) is 2.81. The summed E-state index contributed by atoms with van der Waals surface area (Å²) in [5, 5.41) is 23.7. The number of aromatic nitrogens is 1. The van der Waals surface area contributed by atoms with Crippen molar-refractivity contribution in [2.24, 2.45) is 0 Å². The third-order valence-electron chi connectivity index (χ3n) is 3.21. The fourth-order valence-electron chi connectivity index (χ4n) is 2.13. The number of nitrogens with one attached hydrogen (secondary N) is 1. The van der Waals surface area contributed by atoms with Crippen molar-refractivity contribution >= 4 is 28.2 Å². The maximum atomic E-state index is 11.2. The van der Waals surface area contributed by atoms with Gasteiger partial charge in [0.15, 0.2) is 0 Å². The topological polar surface area (TPSA) is 105 Å². The van der Waals surface area contributed by atoms with Crippen LogP contribution < -0.4 is 5.32 Å². The molecule has 1 heterocycles. The molecule has 2 N–H and O–H groups in total. The molecule has 0 aliphatic heterocycles. The van der Waals surface area contributed by atoms with Crippen LogP contribution in [0.2, 0.25) is 0 Å². The van der Waals surface area contributed by atoms with Crippen molar-refractivity contribution in [2.75, 3.05) is 5.32 Å². The van der Waals surface area contributed by atoms with Gasteiger partial charge in [0.25, 0.3) is 0 Å². The molecule has 7 nitrogen and oxygen atoms in total. The Bertz CT molecular complexity index is 687. The van der Waals surface area contributed by atoms with Gasteiger partial charge in [-0.3, -0.25) is 14.9 Å². The first-order chi connectivity index (χ1) is 10.0. The Morgan fingerprint density at radius 2 is 2.19 bits per heavy atom. The Morgan fingerprint density at radius 3 is 2.81 bits per heavy atom. The number of nitrogens with zero attached hydrogens (tertiary/aromatic N) is 2. The molecule has 0 aliphatic rings. The van der Waals surface area contributed by atoms with Gasteiger partial charge in [0, 0.05) is 11.4 Å². The largest absolute Gasteiger partial charge is 0.481 e. The molecule has 0 spiro atoms. The lowest BCUT2D eigenvalue weighted by Gasteiger charge is -2.17. The molecule has 0 bridgehead atoms. The minimum atomic E-state index is -0.949. The Kier molecular flexibility index (Phi) is 4.32. The number of hydrogen-bond donors (Lipinski definition) is 2. The van der Waals surface area contributed by atoms with Crippen molar-refractivity contribution in [3.05, 3.63) is 40.6 Å². The molecule has 0 saturated carbocycles. The summed E-state index contributed by atoms with van der Waals surface area (Å²) in [4.78, 5) is 25.6. The minimum Gasteiger partial charge on any atom is -0.481 e. The molecule has 2 rings (SSSR count). The Morgan fingerprint density at radius 1 is 1.48 bits per heavy atom. The average Bonchev–Trinajstić information content (AvgIpc) is 2.45. The summed E-state index contributed by atoms with van der Waals surface area (Å²) in [6.45, 7) is 1.83. The van der Waals surface area contributed by atoms with Crippen molar-refractivity contribution < 1.29 is 14.8 Å². The molecule has 0 radical (unpaired) electrons. The normalized spacial score (nSPS) is 12.0. The maximum absolute atomic E-state index is 11.2. The van der Waals surface area contributed by atoms with Crippen LogP contribution in [0.5, 0.6) is 0 Å². The molecule has 7 heteroatoms. The summed E-state index contributed by atoms with van der Waals surface area (Å²) >= 11 is 0. The Balaban J connectivity index is 2.50. The van der Waals surface area contributed by atoms with Gasteiger partial charge >= 0.3 is 11.7 Å². The number of carboxylic acid groups (broad SMARTS) is 1. The molecule has 0 saturated heterocycles. The molecule has 110 valence electrons. The van der Waals surface area contributed by atoms with Gasteiger partial charge < -0.3 is 10.4 Å². The number of fused-ring (bicyclic) bond motifs is 1. The first-order valence-electron chi connectivity index (χ1n) is 6.53. The Hall–Kier alpha value is -2.70. The van der Waals surface area contributed by atoms with Gasteiger partial charge in [-0.15, -0.1) is 0 Å². The number of para-hydroxylation sites is 1. The van der Waals surface area contributed by atoms with Gasteiger partial charge in [-0.05, 0) is 12.5 Å².